The standard InChI is InChI=1S/C23H26BrN3O2/c1-15(25-23(29)21-14-20(21)16-6-4-7-17(24)12-16)22(28)26-18-8-5-9-19(13-18)27-10-2-3-11-27/h4-9,12-13,15,20-21H,2-3,10-11,14H2,1H3,(H,25,29)(H,26,28). The zero-order valence-electron chi connectivity index (χ0n) is 16.5. The van der Waals surface area contributed by atoms with Crippen LogP contribution in [0.25, 0.3) is 0 Å². The van der Waals surface area contributed by atoms with Crippen molar-refractivity contribution < 1.29 is 9.59 Å². The number of hydrogen-bond acceptors (Lipinski definition) is 3. The van der Waals surface area contributed by atoms with Crippen molar-refractivity contribution in [1.82, 2.24) is 5.32 Å². The summed E-state index contributed by atoms with van der Waals surface area (Å²) in [5, 5.41) is 5.81. The Morgan fingerprint density at radius 3 is 2.62 bits per heavy atom. The second kappa shape index (κ2) is 8.57. The summed E-state index contributed by atoms with van der Waals surface area (Å²) in [5.74, 6) is -0.0713. The molecule has 1 aliphatic carbocycles. The van der Waals surface area contributed by atoms with Gasteiger partial charge < -0.3 is 15.5 Å². The molecule has 0 radical (unpaired) electrons. The first-order chi connectivity index (χ1) is 14.0. The van der Waals surface area contributed by atoms with Crippen molar-refractivity contribution in [2.45, 2.75) is 38.1 Å². The minimum Gasteiger partial charge on any atom is -0.371 e. The molecule has 0 spiro atoms. The molecule has 1 aliphatic heterocycles. The van der Waals surface area contributed by atoms with Gasteiger partial charge in [-0.25, -0.2) is 0 Å². The molecule has 2 N–H and O–H groups in total. The summed E-state index contributed by atoms with van der Waals surface area (Å²) >= 11 is 3.48. The van der Waals surface area contributed by atoms with Gasteiger partial charge in [0.2, 0.25) is 11.8 Å². The minimum absolute atomic E-state index is 0.0524. The summed E-state index contributed by atoms with van der Waals surface area (Å²) in [4.78, 5) is 27.5. The van der Waals surface area contributed by atoms with Crippen molar-refractivity contribution in [3.05, 3.63) is 58.6 Å². The Balaban J connectivity index is 1.31. The van der Waals surface area contributed by atoms with E-state index < -0.39 is 6.04 Å². The molecule has 3 atom stereocenters. The third-order valence-electron chi connectivity index (χ3n) is 5.74. The summed E-state index contributed by atoms with van der Waals surface area (Å²) in [5.41, 5.74) is 3.06. The highest BCUT2D eigenvalue weighted by Gasteiger charge is 2.44. The predicted molar refractivity (Wildman–Crippen MR) is 119 cm³/mol. The Hall–Kier alpha value is -2.34. The van der Waals surface area contributed by atoms with Crippen LogP contribution in [0.3, 0.4) is 0 Å². The fourth-order valence-corrected chi connectivity index (χ4v) is 4.40. The zero-order chi connectivity index (χ0) is 20.4. The van der Waals surface area contributed by atoms with Gasteiger partial charge in [-0.3, -0.25) is 9.59 Å². The first-order valence-electron chi connectivity index (χ1n) is 10.2. The molecule has 4 rings (SSSR count). The lowest BCUT2D eigenvalue weighted by molar-refractivity contribution is -0.127. The second-order valence-corrected chi connectivity index (χ2v) is 8.88. The van der Waals surface area contributed by atoms with Crippen molar-refractivity contribution >= 4 is 39.1 Å². The van der Waals surface area contributed by atoms with Crippen molar-refractivity contribution in [3.63, 3.8) is 0 Å². The fraction of sp³-hybridized carbons (Fsp3) is 0.391. The summed E-state index contributed by atoms with van der Waals surface area (Å²) in [6.45, 7) is 3.85. The molecule has 1 saturated heterocycles. The predicted octanol–water partition coefficient (Wildman–Crippen LogP) is 4.30. The van der Waals surface area contributed by atoms with E-state index in [4.69, 9.17) is 0 Å². The minimum atomic E-state index is -0.582. The lowest BCUT2D eigenvalue weighted by atomic mass is 10.1. The number of amides is 2. The number of nitrogens with zero attached hydrogens (tertiary/aromatic N) is 1. The molecular formula is C23H26BrN3O2. The van der Waals surface area contributed by atoms with Crippen molar-refractivity contribution in [3.8, 4) is 0 Å². The summed E-state index contributed by atoms with van der Waals surface area (Å²) in [7, 11) is 0. The van der Waals surface area contributed by atoms with Crippen molar-refractivity contribution in [2.24, 2.45) is 5.92 Å². The molecule has 0 bridgehead atoms. The highest BCUT2D eigenvalue weighted by atomic mass is 79.9. The average molecular weight is 456 g/mol. The van der Waals surface area contributed by atoms with Gasteiger partial charge in [0.15, 0.2) is 0 Å². The Morgan fingerprint density at radius 1 is 1.10 bits per heavy atom. The van der Waals surface area contributed by atoms with Crippen LogP contribution in [-0.4, -0.2) is 30.9 Å². The fourth-order valence-electron chi connectivity index (χ4n) is 3.98. The Bertz CT molecular complexity index is 911. The van der Waals surface area contributed by atoms with Gasteiger partial charge in [0, 0.05) is 34.9 Å². The van der Waals surface area contributed by atoms with Crippen LogP contribution >= 0.6 is 15.9 Å². The highest BCUT2D eigenvalue weighted by Crippen LogP contribution is 2.48. The Kier molecular flexibility index (Phi) is 5.90. The summed E-state index contributed by atoms with van der Waals surface area (Å²) in [6, 6.07) is 15.4. The molecule has 1 saturated carbocycles. The first kappa shape index (κ1) is 20.0. The molecule has 3 unspecified atom stereocenters. The van der Waals surface area contributed by atoms with E-state index in [1.165, 1.54) is 12.8 Å². The molecule has 1 heterocycles. The third kappa shape index (κ3) is 4.81. The van der Waals surface area contributed by atoms with Gasteiger partial charge >= 0.3 is 0 Å². The van der Waals surface area contributed by atoms with Crippen LogP contribution in [-0.2, 0) is 9.59 Å². The number of rotatable bonds is 6. The van der Waals surface area contributed by atoms with Crippen LogP contribution in [0.4, 0.5) is 11.4 Å². The average Bonchev–Trinajstić information content (AvgIpc) is 3.33. The highest BCUT2D eigenvalue weighted by molar-refractivity contribution is 9.10. The van der Waals surface area contributed by atoms with E-state index in [0.717, 1.165) is 40.9 Å². The first-order valence-corrected chi connectivity index (χ1v) is 11.0. The number of anilines is 2. The molecule has 0 aromatic heterocycles. The topological polar surface area (TPSA) is 61.4 Å². The van der Waals surface area contributed by atoms with Crippen LogP contribution in [0.15, 0.2) is 53.0 Å². The molecule has 2 aromatic carbocycles. The number of benzene rings is 2. The van der Waals surface area contributed by atoms with E-state index >= 15 is 0 Å². The second-order valence-electron chi connectivity index (χ2n) is 7.97. The van der Waals surface area contributed by atoms with Crippen molar-refractivity contribution in [1.29, 1.82) is 0 Å². The van der Waals surface area contributed by atoms with Crippen LogP contribution in [0.2, 0.25) is 0 Å². The Labute approximate surface area is 180 Å². The van der Waals surface area contributed by atoms with Gasteiger partial charge in [-0.1, -0.05) is 34.1 Å². The molecule has 2 aliphatic rings. The maximum absolute atomic E-state index is 12.6. The van der Waals surface area contributed by atoms with E-state index in [-0.39, 0.29) is 23.7 Å². The molecule has 2 aromatic rings. The maximum atomic E-state index is 12.6. The van der Waals surface area contributed by atoms with E-state index in [0.29, 0.717) is 0 Å². The van der Waals surface area contributed by atoms with Gasteiger partial charge in [-0.2, -0.15) is 0 Å². The molecule has 152 valence electrons. The van der Waals surface area contributed by atoms with Gasteiger partial charge in [0.1, 0.15) is 6.04 Å². The van der Waals surface area contributed by atoms with Crippen LogP contribution < -0.4 is 15.5 Å². The van der Waals surface area contributed by atoms with Gasteiger partial charge in [-0.05, 0) is 68.0 Å². The van der Waals surface area contributed by atoms with E-state index in [1.807, 2.05) is 36.4 Å². The van der Waals surface area contributed by atoms with Gasteiger partial charge in [0.05, 0.1) is 0 Å². The summed E-state index contributed by atoms with van der Waals surface area (Å²) in [6.07, 6.45) is 3.25. The van der Waals surface area contributed by atoms with Gasteiger partial charge in [0.25, 0.3) is 0 Å². The quantitative estimate of drug-likeness (QED) is 0.682. The molecule has 2 fully saturated rings. The lowest BCUT2D eigenvalue weighted by Gasteiger charge is -2.19. The Morgan fingerprint density at radius 2 is 1.86 bits per heavy atom. The van der Waals surface area contributed by atoms with E-state index in [1.54, 1.807) is 6.92 Å². The number of halogens is 1. The summed E-state index contributed by atoms with van der Waals surface area (Å²) < 4.78 is 1.02. The molecule has 5 nitrogen and oxygen atoms in total. The monoisotopic (exact) mass is 455 g/mol. The number of nitrogens with one attached hydrogen (secondary N) is 2. The van der Waals surface area contributed by atoms with E-state index in [2.05, 4.69) is 43.6 Å². The SMILES string of the molecule is CC(NC(=O)C1CC1c1cccc(Br)c1)C(=O)Nc1cccc(N2CCCC2)c1. The lowest BCUT2D eigenvalue weighted by Crippen LogP contribution is -2.42. The van der Waals surface area contributed by atoms with Crippen LogP contribution in [0, 0.1) is 5.92 Å². The smallest absolute Gasteiger partial charge is 0.246 e. The molecule has 2 amide bonds. The number of carbonyl (C=O) groups excluding carboxylic acids is 2. The maximum Gasteiger partial charge on any atom is 0.246 e. The van der Waals surface area contributed by atoms with Crippen LogP contribution in [0.1, 0.15) is 37.7 Å². The molecular weight excluding hydrogens is 430 g/mol. The van der Waals surface area contributed by atoms with Crippen molar-refractivity contribution in [2.75, 3.05) is 23.3 Å². The third-order valence-corrected chi connectivity index (χ3v) is 6.23. The molecule has 29 heavy (non-hydrogen) atoms. The normalized spacial score (nSPS) is 21.5. The van der Waals surface area contributed by atoms with Crippen LogP contribution in [0.5, 0.6) is 0 Å². The number of carbonyl (C=O) groups is 2. The largest absolute Gasteiger partial charge is 0.371 e. The molecule has 6 heteroatoms. The zero-order valence-corrected chi connectivity index (χ0v) is 18.1. The number of hydrogen-bond donors (Lipinski definition) is 2. The van der Waals surface area contributed by atoms with Gasteiger partial charge in [-0.15, -0.1) is 0 Å². The van der Waals surface area contributed by atoms with E-state index in [9.17, 15) is 9.59 Å².